The fraction of sp³-hybridized carbons (Fsp3) is 0.936. The highest BCUT2D eigenvalue weighted by Crippen LogP contribution is 2.33. The van der Waals surface area contributed by atoms with E-state index in [-0.39, 0.29) is 18.9 Å². The van der Waals surface area contributed by atoms with Crippen molar-refractivity contribution in [1.29, 1.82) is 0 Å². The summed E-state index contributed by atoms with van der Waals surface area (Å²) in [5.74, 6) is -0.281. The summed E-state index contributed by atoms with van der Waals surface area (Å²) in [5, 5.41) is 120. The number of allylic oxidation sites excluding steroid dienone is 3. The van der Waals surface area contributed by atoms with E-state index in [1.807, 2.05) is 6.08 Å². The maximum absolute atomic E-state index is 13.4. The SMILES string of the molecule is CCCCCCC/C=C/CC/C=C/C(O)C(COC1OC(CO)C(OC2OC(CO)C(OC3OC(CO)C(O)C(O)C3O)C(O)C2O)C(O)C1O)NC(=O)CCCCCCCCCCCCCCCCCCCCCCCCCCCCCCCCCCCCCCCCCCC. The molecular formula is C78H147NO18. The Labute approximate surface area is 588 Å². The van der Waals surface area contributed by atoms with Crippen molar-refractivity contribution in [1.82, 2.24) is 5.32 Å². The van der Waals surface area contributed by atoms with Crippen LogP contribution in [0.15, 0.2) is 24.3 Å². The first-order valence-electron chi connectivity index (χ1n) is 40.1. The molecule has 0 aromatic carbocycles. The zero-order valence-electron chi connectivity index (χ0n) is 61.1. The van der Waals surface area contributed by atoms with Crippen molar-refractivity contribution in [2.45, 2.75) is 439 Å². The van der Waals surface area contributed by atoms with Crippen LogP contribution in [0.3, 0.4) is 0 Å². The van der Waals surface area contributed by atoms with Gasteiger partial charge >= 0.3 is 0 Å². The van der Waals surface area contributed by atoms with Crippen LogP contribution >= 0.6 is 0 Å². The Kier molecular flexibility index (Phi) is 55.0. The van der Waals surface area contributed by atoms with E-state index >= 15 is 0 Å². The molecule has 3 saturated heterocycles. The summed E-state index contributed by atoms with van der Waals surface area (Å²) in [7, 11) is 0. The molecular weight excluding hydrogens is 1240 g/mol. The lowest BCUT2D eigenvalue weighted by molar-refractivity contribution is -0.379. The second-order valence-electron chi connectivity index (χ2n) is 28.9. The molecule has 0 radical (unpaired) electrons. The van der Waals surface area contributed by atoms with Gasteiger partial charge < -0.3 is 89.9 Å². The second kappa shape index (κ2) is 59.6. The Hall–Kier alpha value is -1.73. The van der Waals surface area contributed by atoms with Gasteiger partial charge in [-0.05, 0) is 32.1 Å². The van der Waals surface area contributed by atoms with Crippen LogP contribution in [0.4, 0.5) is 0 Å². The van der Waals surface area contributed by atoms with E-state index in [9.17, 15) is 61.0 Å². The fourth-order valence-electron chi connectivity index (χ4n) is 13.8. The Morgan fingerprint density at radius 1 is 0.361 bits per heavy atom. The molecule has 3 rings (SSSR count). The van der Waals surface area contributed by atoms with Crippen LogP contribution in [0, 0.1) is 0 Å². The molecule has 19 heteroatoms. The van der Waals surface area contributed by atoms with Crippen molar-refractivity contribution < 1.29 is 89.4 Å². The highest BCUT2D eigenvalue weighted by Gasteiger charge is 2.54. The third-order valence-electron chi connectivity index (χ3n) is 20.3. The van der Waals surface area contributed by atoms with Gasteiger partial charge in [0.1, 0.15) is 73.2 Å². The van der Waals surface area contributed by atoms with Crippen LogP contribution in [0.25, 0.3) is 0 Å². The highest BCUT2D eigenvalue weighted by atomic mass is 16.8. The zero-order valence-corrected chi connectivity index (χ0v) is 61.1. The van der Waals surface area contributed by atoms with Crippen molar-refractivity contribution in [2.24, 2.45) is 0 Å². The number of ether oxygens (including phenoxy) is 6. The molecule has 12 N–H and O–H groups in total. The maximum Gasteiger partial charge on any atom is 0.220 e. The molecule has 0 saturated carbocycles. The Morgan fingerprint density at radius 2 is 0.660 bits per heavy atom. The largest absolute Gasteiger partial charge is 0.394 e. The first-order valence-corrected chi connectivity index (χ1v) is 40.1. The van der Waals surface area contributed by atoms with Gasteiger partial charge in [0, 0.05) is 6.42 Å². The van der Waals surface area contributed by atoms with E-state index < -0.39 is 124 Å². The predicted octanol–water partition coefficient (Wildman–Crippen LogP) is 13.0. The van der Waals surface area contributed by atoms with E-state index in [4.69, 9.17) is 28.4 Å². The van der Waals surface area contributed by atoms with E-state index in [0.29, 0.717) is 12.8 Å². The van der Waals surface area contributed by atoms with Crippen LogP contribution in [0.2, 0.25) is 0 Å². The molecule has 97 heavy (non-hydrogen) atoms. The smallest absolute Gasteiger partial charge is 0.220 e. The van der Waals surface area contributed by atoms with Crippen LogP contribution in [0.1, 0.15) is 335 Å². The lowest BCUT2D eigenvalue weighted by Crippen LogP contribution is -2.66. The van der Waals surface area contributed by atoms with Crippen LogP contribution in [-0.2, 0) is 33.2 Å². The van der Waals surface area contributed by atoms with Gasteiger partial charge in [-0.1, -0.05) is 321 Å². The van der Waals surface area contributed by atoms with Gasteiger partial charge in [-0.15, -0.1) is 0 Å². The van der Waals surface area contributed by atoms with Crippen molar-refractivity contribution in [3.8, 4) is 0 Å². The second-order valence-corrected chi connectivity index (χ2v) is 28.9. The summed E-state index contributed by atoms with van der Waals surface area (Å²) >= 11 is 0. The van der Waals surface area contributed by atoms with Crippen LogP contribution in [-0.4, -0.2) is 193 Å². The lowest BCUT2D eigenvalue weighted by Gasteiger charge is -2.48. The Balaban J connectivity index is 1.24. The molecule has 19 nitrogen and oxygen atoms in total. The molecule has 0 bridgehead atoms. The number of amides is 1. The van der Waals surface area contributed by atoms with Crippen LogP contribution in [0.5, 0.6) is 0 Å². The number of aliphatic hydroxyl groups is 11. The number of hydrogen-bond donors (Lipinski definition) is 12. The molecule has 0 aliphatic carbocycles. The molecule has 3 aliphatic heterocycles. The van der Waals surface area contributed by atoms with Gasteiger partial charge in [-0.2, -0.15) is 0 Å². The normalized spacial score (nSPS) is 27.0. The predicted molar refractivity (Wildman–Crippen MR) is 383 cm³/mol. The van der Waals surface area contributed by atoms with Gasteiger partial charge in [-0.25, -0.2) is 0 Å². The van der Waals surface area contributed by atoms with Gasteiger partial charge in [0.05, 0.1) is 38.6 Å². The molecule has 572 valence electrons. The average molecular weight is 1390 g/mol. The molecule has 3 fully saturated rings. The number of carbonyl (C=O) groups excluding carboxylic acids is 1. The first-order chi connectivity index (χ1) is 47.3. The van der Waals surface area contributed by atoms with Crippen molar-refractivity contribution >= 4 is 5.91 Å². The van der Waals surface area contributed by atoms with E-state index in [2.05, 4.69) is 31.3 Å². The van der Waals surface area contributed by atoms with Gasteiger partial charge in [0.2, 0.25) is 5.91 Å². The maximum atomic E-state index is 13.4. The number of unbranched alkanes of at least 4 members (excludes halogenated alkanes) is 46. The first kappa shape index (κ1) is 89.5. The number of rotatable bonds is 64. The Morgan fingerprint density at radius 3 is 1.03 bits per heavy atom. The molecule has 0 spiro atoms. The number of aliphatic hydroxyl groups excluding tert-OH is 11. The molecule has 17 atom stereocenters. The van der Waals surface area contributed by atoms with Crippen molar-refractivity contribution in [3.63, 3.8) is 0 Å². The summed E-state index contributed by atoms with van der Waals surface area (Å²) in [6.07, 6.45) is 45.3. The average Bonchev–Trinajstić information content (AvgIpc) is 0.792. The van der Waals surface area contributed by atoms with Gasteiger partial charge in [-0.3, -0.25) is 4.79 Å². The fourth-order valence-corrected chi connectivity index (χ4v) is 13.8. The summed E-state index contributed by atoms with van der Waals surface area (Å²) in [4.78, 5) is 13.4. The topological polar surface area (TPSA) is 307 Å². The standard InChI is InChI=1S/C78H147NO18/c1-3-5-7-9-11-13-15-16-17-18-19-20-21-22-23-24-25-26-27-28-29-30-31-32-33-34-35-36-37-38-39-40-41-42-43-44-46-48-50-52-54-56-66(84)79-61(62(83)55-53-51-49-47-45-14-12-10-8-6-4-2)60-92-76-72(90)69(87)74(64(58-81)94-76)97-78-73(91)70(88)75(65(59-82)95-78)96-77-71(89)68(86)67(85)63(57-80)93-77/h45,47,53,55,61-65,67-78,80-83,85-91H,3-44,46,48-52,54,56-60H2,1-2H3,(H,79,84)/b47-45+,55-53+. The van der Waals surface area contributed by atoms with E-state index in [1.165, 1.54) is 263 Å². The van der Waals surface area contributed by atoms with Crippen molar-refractivity contribution in [3.05, 3.63) is 24.3 Å². The molecule has 0 aromatic rings. The molecule has 1 amide bonds. The monoisotopic (exact) mass is 1390 g/mol. The number of nitrogens with one attached hydrogen (secondary N) is 1. The highest BCUT2D eigenvalue weighted by molar-refractivity contribution is 5.76. The third-order valence-corrected chi connectivity index (χ3v) is 20.3. The van der Waals surface area contributed by atoms with Gasteiger partial charge in [0.15, 0.2) is 18.9 Å². The van der Waals surface area contributed by atoms with Crippen molar-refractivity contribution in [2.75, 3.05) is 26.4 Å². The summed E-state index contributed by atoms with van der Waals surface area (Å²) in [6, 6.07) is -0.986. The van der Waals surface area contributed by atoms with E-state index in [1.54, 1.807) is 6.08 Å². The minimum atomic E-state index is -1.98. The quantitative estimate of drug-likeness (QED) is 0.0199. The molecule has 3 aliphatic rings. The lowest BCUT2D eigenvalue weighted by atomic mass is 9.96. The molecule has 0 aromatic heterocycles. The Bertz CT molecular complexity index is 1850. The third kappa shape index (κ3) is 40.2. The summed E-state index contributed by atoms with van der Waals surface area (Å²) in [5.41, 5.74) is 0. The summed E-state index contributed by atoms with van der Waals surface area (Å²) < 4.78 is 34.3. The zero-order chi connectivity index (χ0) is 70.4. The number of carbonyl (C=O) groups is 1. The number of hydrogen-bond acceptors (Lipinski definition) is 18. The minimum Gasteiger partial charge on any atom is -0.394 e. The molecule has 17 unspecified atom stereocenters. The van der Waals surface area contributed by atoms with Gasteiger partial charge in [0.25, 0.3) is 0 Å². The summed E-state index contributed by atoms with van der Waals surface area (Å²) in [6.45, 7) is 1.71. The minimum absolute atomic E-state index is 0.240. The van der Waals surface area contributed by atoms with Crippen LogP contribution < -0.4 is 5.32 Å². The molecule has 3 heterocycles. The van der Waals surface area contributed by atoms with E-state index in [0.717, 1.165) is 38.5 Å².